The van der Waals surface area contributed by atoms with Crippen LogP contribution in [0.4, 0.5) is 13.2 Å². The fourth-order valence-corrected chi connectivity index (χ4v) is 1.80. The molecule has 18 heavy (non-hydrogen) atoms. The Labute approximate surface area is 100.0 Å². The lowest BCUT2D eigenvalue weighted by Crippen LogP contribution is -2.13. The molecule has 2 aromatic rings. The highest BCUT2D eigenvalue weighted by Gasteiger charge is 2.37. The van der Waals surface area contributed by atoms with Crippen molar-refractivity contribution in [2.24, 2.45) is 7.05 Å². The molecule has 0 saturated carbocycles. The molecule has 0 N–H and O–H groups in total. The lowest BCUT2D eigenvalue weighted by atomic mass is 10.2. The average molecular weight is 258 g/mol. The number of alkyl halides is 3. The number of aryl methyl sites for hydroxylation is 1. The van der Waals surface area contributed by atoms with Crippen LogP contribution < -0.4 is 0 Å². The van der Waals surface area contributed by atoms with Crippen LogP contribution in [0, 0.1) is 0 Å². The first-order valence-corrected chi connectivity index (χ1v) is 4.97. The number of benzene rings is 1. The molecule has 0 unspecified atom stereocenters. The molecule has 0 aliphatic heterocycles. The van der Waals surface area contributed by atoms with Gasteiger partial charge in [-0.05, 0) is 12.1 Å². The molecule has 4 nitrogen and oxygen atoms in total. The molecule has 0 saturated heterocycles. The van der Waals surface area contributed by atoms with Gasteiger partial charge in [-0.3, -0.25) is 0 Å². The molecule has 0 bridgehead atoms. The number of methoxy groups -OCH3 is 1. The van der Waals surface area contributed by atoms with Gasteiger partial charge in [-0.25, -0.2) is 9.78 Å². The third-order valence-electron chi connectivity index (χ3n) is 2.55. The first-order valence-electron chi connectivity index (χ1n) is 4.97. The Bertz CT molecular complexity index is 617. The molecule has 0 aliphatic rings. The zero-order valence-electron chi connectivity index (χ0n) is 9.58. The van der Waals surface area contributed by atoms with Crippen molar-refractivity contribution < 1.29 is 22.7 Å². The van der Waals surface area contributed by atoms with E-state index in [1.165, 1.54) is 32.4 Å². The van der Waals surface area contributed by atoms with Crippen molar-refractivity contribution in [3.8, 4) is 0 Å². The summed E-state index contributed by atoms with van der Waals surface area (Å²) >= 11 is 0. The largest absolute Gasteiger partial charge is 0.465 e. The number of nitrogens with zero attached hydrogens (tertiary/aromatic N) is 2. The number of ether oxygens (including phenoxy) is 1. The number of carbonyl (C=O) groups excluding carboxylic acids is 1. The first-order chi connectivity index (χ1) is 8.36. The van der Waals surface area contributed by atoms with Crippen molar-refractivity contribution in [1.29, 1.82) is 0 Å². The Kier molecular flexibility index (Phi) is 2.76. The maximum absolute atomic E-state index is 12.7. The molecule has 1 aromatic heterocycles. The number of para-hydroxylation sites is 1. The lowest BCUT2D eigenvalue weighted by Gasteiger charge is -2.07. The predicted molar refractivity (Wildman–Crippen MR) is 57.1 cm³/mol. The Hall–Kier alpha value is -2.05. The Balaban J connectivity index is 2.78. The van der Waals surface area contributed by atoms with Crippen LogP contribution in [-0.2, 0) is 18.0 Å². The minimum Gasteiger partial charge on any atom is -0.465 e. The Morgan fingerprint density at radius 2 is 2.06 bits per heavy atom. The maximum atomic E-state index is 12.7. The molecule has 7 heteroatoms. The zero-order chi connectivity index (χ0) is 13.5. The zero-order valence-corrected chi connectivity index (χ0v) is 9.58. The summed E-state index contributed by atoms with van der Waals surface area (Å²) in [6.45, 7) is 0. The van der Waals surface area contributed by atoms with Crippen molar-refractivity contribution in [3.05, 3.63) is 29.6 Å². The summed E-state index contributed by atoms with van der Waals surface area (Å²) in [4.78, 5) is 15.0. The van der Waals surface area contributed by atoms with E-state index >= 15 is 0 Å². The van der Waals surface area contributed by atoms with E-state index in [-0.39, 0.29) is 16.6 Å². The lowest BCUT2D eigenvalue weighted by molar-refractivity contribution is -0.146. The molecule has 0 spiro atoms. The van der Waals surface area contributed by atoms with Crippen LogP contribution in [-0.4, -0.2) is 22.6 Å². The second-order valence-corrected chi connectivity index (χ2v) is 3.66. The quantitative estimate of drug-likeness (QED) is 0.737. The normalized spacial score (nSPS) is 11.8. The smallest absolute Gasteiger partial charge is 0.449 e. The van der Waals surface area contributed by atoms with Gasteiger partial charge in [-0.15, -0.1) is 0 Å². The summed E-state index contributed by atoms with van der Waals surface area (Å²) in [6, 6.07) is 4.27. The second-order valence-electron chi connectivity index (χ2n) is 3.66. The average Bonchev–Trinajstić information content (AvgIpc) is 2.66. The number of halogens is 3. The highest BCUT2D eigenvalue weighted by molar-refractivity contribution is 6.02. The molecule has 1 aromatic carbocycles. The second kappa shape index (κ2) is 4.01. The van der Waals surface area contributed by atoms with Crippen molar-refractivity contribution in [1.82, 2.24) is 9.55 Å². The molecule has 0 fully saturated rings. The van der Waals surface area contributed by atoms with Crippen LogP contribution in [0.25, 0.3) is 11.0 Å². The van der Waals surface area contributed by atoms with Crippen LogP contribution in [0.1, 0.15) is 16.2 Å². The number of fused-ring (bicyclic) bond motifs is 1. The molecule has 0 radical (unpaired) electrons. The van der Waals surface area contributed by atoms with Gasteiger partial charge < -0.3 is 9.30 Å². The van der Waals surface area contributed by atoms with Gasteiger partial charge in [-0.1, -0.05) is 6.07 Å². The van der Waals surface area contributed by atoms with Crippen LogP contribution in [0.2, 0.25) is 0 Å². The summed E-state index contributed by atoms with van der Waals surface area (Å²) in [5.41, 5.74) is 0.268. The van der Waals surface area contributed by atoms with E-state index in [2.05, 4.69) is 9.72 Å². The minimum absolute atomic E-state index is 0.0560. The van der Waals surface area contributed by atoms with Gasteiger partial charge in [0.15, 0.2) is 0 Å². The highest BCUT2D eigenvalue weighted by atomic mass is 19.4. The van der Waals surface area contributed by atoms with Gasteiger partial charge in [0.2, 0.25) is 5.82 Å². The number of rotatable bonds is 1. The fourth-order valence-electron chi connectivity index (χ4n) is 1.80. The predicted octanol–water partition coefficient (Wildman–Crippen LogP) is 2.38. The van der Waals surface area contributed by atoms with E-state index in [4.69, 9.17) is 0 Å². The molecular weight excluding hydrogens is 249 g/mol. The fraction of sp³-hybridized carbons (Fsp3) is 0.273. The first kappa shape index (κ1) is 12.4. The number of carbonyl (C=O) groups is 1. The number of aromatic nitrogens is 2. The van der Waals surface area contributed by atoms with E-state index in [0.717, 1.165) is 4.57 Å². The number of imidazole rings is 1. The van der Waals surface area contributed by atoms with E-state index in [1.807, 2.05) is 0 Å². The molecule has 0 atom stereocenters. The van der Waals surface area contributed by atoms with Crippen molar-refractivity contribution in [2.75, 3.05) is 7.11 Å². The van der Waals surface area contributed by atoms with Crippen molar-refractivity contribution >= 4 is 17.0 Å². The van der Waals surface area contributed by atoms with E-state index in [9.17, 15) is 18.0 Å². The SMILES string of the molecule is COC(=O)c1cccc2nc(C(F)(F)F)n(C)c12. The molecule has 96 valence electrons. The van der Waals surface area contributed by atoms with Crippen LogP contribution in [0.5, 0.6) is 0 Å². The summed E-state index contributed by atoms with van der Waals surface area (Å²) in [6.07, 6.45) is -4.57. The number of hydrogen-bond donors (Lipinski definition) is 0. The third-order valence-corrected chi connectivity index (χ3v) is 2.55. The Morgan fingerprint density at radius 3 is 2.61 bits per heavy atom. The van der Waals surface area contributed by atoms with Gasteiger partial charge in [-0.2, -0.15) is 13.2 Å². The van der Waals surface area contributed by atoms with Crippen LogP contribution >= 0.6 is 0 Å². The van der Waals surface area contributed by atoms with Gasteiger partial charge in [0.25, 0.3) is 0 Å². The number of hydrogen-bond acceptors (Lipinski definition) is 3. The summed E-state index contributed by atoms with van der Waals surface area (Å²) in [5.74, 6) is -1.74. The summed E-state index contributed by atoms with van der Waals surface area (Å²) < 4.78 is 43.5. The molecule has 2 rings (SSSR count). The topological polar surface area (TPSA) is 44.1 Å². The Morgan fingerprint density at radius 1 is 1.39 bits per heavy atom. The monoisotopic (exact) mass is 258 g/mol. The molecule has 0 aliphatic carbocycles. The summed E-state index contributed by atoms with van der Waals surface area (Å²) in [5, 5.41) is 0. The van der Waals surface area contributed by atoms with E-state index in [1.54, 1.807) is 0 Å². The van der Waals surface area contributed by atoms with Gasteiger partial charge in [0.05, 0.1) is 23.7 Å². The molecule has 1 heterocycles. The standard InChI is InChI=1S/C11H9F3N2O2/c1-16-8-6(9(17)18-2)4-3-5-7(8)15-10(16)11(12,13)14/h3-5H,1-2H3. The van der Waals surface area contributed by atoms with Gasteiger partial charge in [0, 0.05) is 7.05 Å². The highest BCUT2D eigenvalue weighted by Crippen LogP contribution is 2.31. The van der Waals surface area contributed by atoms with Crippen LogP contribution in [0.3, 0.4) is 0 Å². The van der Waals surface area contributed by atoms with Crippen LogP contribution in [0.15, 0.2) is 18.2 Å². The van der Waals surface area contributed by atoms with E-state index < -0.39 is 18.0 Å². The summed E-state index contributed by atoms with van der Waals surface area (Å²) in [7, 11) is 2.38. The number of esters is 1. The minimum atomic E-state index is -4.57. The van der Waals surface area contributed by atoms with Gasteiger partial charge in [0.1, 0.15) is 0 Å². The third kappa shape index (κ3) is 1.81. The van der Waals surface area contributed by atoms with Gasteiger partial charge >= 0.3 is 12.1 Å². The van der Waals surface area contributed by atoms with Crippen molar-refractivity contribution in [2.45, 2.75) is 6.18 Å². The van der Waals surface area contributed by atoms with Crippen molar-refractivity contribution in [3.63, 3.8) is 0 Å². The molecular formula is C11H9F3N2O2. The molecule has 0 amide bonds. The van der Waals surface area contributed by atoms with E-state index in [0.29, 0.717) is 0 Å². The maximum Gasteiger partial charge on any atom is 0.449 e.